The molecule has 6 heteroatoms. The van der Waals surface area contributed by atoms with Crippen molar-refractivity contribution in [3.63, 3.8) is 0 Å². The van der Waals surface area contributed by atoms with Crippen molar-refractivity contribution in [2.75, 3.05) is 13.1 Å². The largest absolute Gasteiger partial charge is 0.455 e. The van der Waals surface area contributed by atoms with Crippen LogP contribution in [0, 0.1) is 0 Å². The number of ether oxygens (including phenoxy) is 1. The van der Waals surface area contributed by atoms with Crippen LogP contribution in [0.2, 0.25) is 4.34 Å². The molecule has 0 radical (unpaired) electrons. The van der Waals surface area contributed by atoms with Crippen molar-refractivity contribution in [1.29, 1.82) is 0 Å². The van der Waals surface area contributed by atoms with Crippen LogP contribution in [0.4, 0.5) is 0 Å². The fourth-order valence-corrected chi connectivity index (χ4v) is 1.66. The molecular formula is C7H7ClN2O2S. The van der Waals surface area contributed by atoms with Gasteiger partial charge in [-0.05, 0) is 0 Å². The molecule has 0 spiro atoms. The summed E-state index contributed by atoms with van der Waals surface area (Å²) < 4.78 is 5.46. The lowest BCUT2D eigenvalue weighted by Gasteiger charge is -2.26. The molecule has 0 aliphatic carbocycles. The molecule has 1 N–H and O–H groups in total. The van der Waals surface area contributed by atoms with Crippen LogP contribution in [0.1, 0.15) is 10.5 Å². The molecule has 1 aromatic heterocycles. The third-order valence-corrected chi connectivity index (χ3v) is 2.79. The van der Waals surface area contributed by atoms with Gasteiger partial charge in [0, 0.05) is 13.1 Å². The highest BCUT2D eigenvalue weighted by molar-refractivity contribution is 7.14. The van der Waals surface area contributed by atoms with Crippen LogP contribution in [-0.4, -0.2) is 30.1 Å². The number of thiazole rings is 1. The maximum Gasteiger partial charge on any atom is 0.359 e. The number of carbonyl (C=O) groups excluding carboxylic acids is 1. The van der Waals surface area contributed by atoms with Crippen LogP contribution in [0.5, 0.6) is 0 Å². The van der Waals surface area contributed by atoms with Crippen molar-refractivity contribution in [3.8, 4) is 0 Å². The van der Waals surface area contributed by atoms with Crippen molar-refractivity contribution in [2.24, 2.45) is 0 Å². The number of aromatic nitrogens is 1. The molecule has 2 rings (SSSR count). The van der Waals surface area contributed by atoms with Gasteiger partial charge in [-0.3, -0.25) is 0 Å². The first-order valence-corrected chi connectivity index (χ1v) is 5.04. The van der Waals surface area contributed by atoms with Crippen LogP contribution in [0.3, 0.4) is 0 Å². The van der Waals surface area contributed by atoms with Gasteiger partial charge in [0.25, 0.3) is 0 Å². The summed E-state index contributed by atoms with van der Waals surface area (Å²) >= 11 is 6.94. The maximum absolute atomic E-state index is 11.3. The fourth-order valence-electron chi connectivity index (χ4n) is 0.918. The first-order valence-electron chi connectivity index (χ1n) is 3.78. The number of halogens is 1. The molecule has 70 valence electrons. The zero-order chi connectivity index (χ0) is 9.26. The molecule has 13 heavy (non-hydrogen) atoms. The minimum absolute atomic E-state index is 0.0229. The average molecular weight is 219 g/mol. The lowest BCUT2D eigenvalue weighted by Crippen LogP contribution is -2.49. The lowest BCUT2D eigenvalue weighted by atomic mass is 10.2. The SMILES string of the molecule is O=C(OC1CNC1)c1ncsc1Cl. The smallest absolute Gasteiger partial charge is 0.359 e. The average Bonchev–Trinajstić information content (AvgIpc) is 2.43. The molecule has 2 heterocycles. The van der Waals surface area contributed by atoms with Gasteiger partial charge in [0.1, 0.15) is 10.4 Å². The highest BCUT2D eigenvalue weighted by atomic mass is 35.5. The Bertz CT molecular complexity index is 324. The summed E-state index contributed by atoms with van der Waals surface area (Å²) in [5, 5.41) is 3.00. The molecule has 0 bridgehead atoms. The Morgan fingerprint density at radius 3 is 3.00 bits per heavy atom. The number of nitrogens with zero attached hydrogens (tertiary/aromatic N) is 1. The highest BCUT2D eigenvalue weighted by Gasteiger charge is 2.24. The van der Waals surface area contributed by atoms with Crippen molar-refractivity contribution in [2.45, 2.75) is 6.10 Å². The molecule has 1 aliphatic rings. The first kappa shape index (κ1) is 8.93. The molecular weight excluding hydrogens is 212 g/mol. The number of hydrogen-bond acceptors (Lipinski definition) is 5. The van der Waals surface area contributed by atoms with E-state index in [2.05, 4.69) is 10.3 Å². The van der Waals surface area contributed by atoms with E-state index in [1.54, 1.807) is 0 Å². The summed E-state index contributed by atoms with van der Waals surface area (Å²) in [6.07, 6.45) is -0.0229. The van der Waals surface area contributed by atoms with Gasteiger partial charge in [0.05, 0.1) is 5.51 Å². The third kappa shape index (κ3) is 1.82. The van der Waals surface area contributed by atoms with E-state index in [1.165, 1.54) is 16.8 Å². The lowest BCUT2D eigenvalue weighted by molar-refractivity contribution is 0.0164. The molecule has 0 atom stereocenters. The number of hydrogen-bond donors (Lipinski definition) is 1. The summed E-state index contributed by atoms with van der Waals surface area (Å²) in [7, 11) is 0. The molecule has 0 saturated carbocycles. The predicted molar refractivity (Wildman–Crippen MR) is 49.2 cm³/mol. The van der Waals surface area contributed by atoms with Crippen molar-refractivity contribution in [1.82, 2.24) is 10.3 Å². The van der Waals surface area contributed by atoms with Gasteiger partial charge in [0.15, 0.2) is 5.69 Å². The monoisotopic (exact) mass is 218 g/mol. The van der Waals surface area contributed by atoms with Crippen LogP contribution < -0.4 is 5.32 Å². The van der Waals surface area contributed by atoms with E-state index in [9.17, 15) is 4.79 Å². The summed E-state index contributed by atoms with van der Waals surface area (Å²) in [5.74, 6) is -0.433. The predicted octanol–water partition coefficient (Wildman–Crippen LogP) is 0.925. The molecule has 0 aromatic carbocycles. The van der Waals surface area contributed by atoms with E-state index in [1.807, 2.05) is 0 Å². The molecule has 0 amide bonds. The Morgan fingerprint density at radius 2 is 2.54 bits per heavy atom. The molecule has 0 unspecified atom stereocenters. The zero-order valence-corrected chi connectivity index (χ0v) is 8.19. The van der Waals surface area contributed by atoms with Gasteiger partial charge in [-0.15, -0.1) is 11.3 Å². The van der Waals surface area contributed by atoms with E-state index in [-0.39, 0.29) is 11.8 Å². The molecule has 1 aromatic rings. The van der Waals surface area contributed by atoms with E-state index in [4.69, 9.17) is 16.3 Å². The summed E-state index contributed by atoms with van der Waals surface area (Å²) in [4.78, 5) is 15.2. The fraction of sp³-hybridized carbons (Fsp3) is 0.429. The number of nitrogens with one attached hydrogen (secondary N) is 1. The van der Waals surface area contributed by atoms with Gasteiger partial charge in [-0.25, -0.2) is 9.78 Å². The van der Waals surface area contributed by atoms with Crippen LogP contribution in [0.25, 0.3) is 0 Å². The summed E-state index contributed by atoms with van der Waals surface area (Å²) in [5.41, 5.74) is 1.75. The van der Waals surface area contributed by atoms with Crippen molar-refractivity contribution >= 4 is 28.9 Å². The molecule has 1 fully saturated rings. The third-order valence-electron chi connectivity index (χ3n) is 1.74. The normalized spacial score (nSPS) is 16.7. The van der Waals surface area contributed by atoms with Crippen LogP contribution >= 0.6 is 22.9 Å². The van der Waals surface area contributed by atoms with E-state index >= 15 is 0 Å². The van der Waals surface area contributed by atoms with Gasteiger partial charge in [0.2, 0.25) is 0 Å². The second-order valence-electron chi connectivity index (χ2n) is 2.66. The van der Waals surface area contributed by atoms with Gasteiger partial charge in [-0.1, -0.05) is 11.6 Å². The van der Waals surface area contributed by atoms with Crippen LogP contribution in [0.15, 0.2) is 5.51 Å². The Morgan fingerprint density at radius 1 is 1.77 bits per heavy atom. The minimum atomic E-state index is -0.433. The Balaban J connectivity index is 2.00. The number of esters is 1. The van der Waals surface area contributed by atoms with Gasteiger partial charge < -0.3 is 10.1 Å². The summed E-state index contributed by atoms with van der Waals surface area (Å²) in [6.45, 7) is 1.43. The number of carbonyl (C=O) groups is 1. The van der Waals surface area contributed by atoms with E-state index in [0.717, 1.165) is 0 Å². The Labute approximate surface area is 83.9 Å². The second-order valence-corrected chi connectivity index (χ2v) is 4.12. The van der Waals surface area contributed by atoms with Crippen LogP contribution in [-0.2, 0) is 4.74 Å². The second kappa shape index (κ2) is 3.61. The highest BCUT2D eigenvalue weighted by Crippen LogP contribution is 2.20. The van der Waals surface area contributed by atoms with E-state index in [0.29, 0.717) is 17.4 Å². The van der Waals surface area contributed by atoms with Crippen molar-refractivity contribution < 1.29 is 9.53 Å². The standard InChI is InChI=1S/C7H7ClN2O2S/c8-6-5(10-3-13-6)7(11)12-4-1-9-2-4/h3-4,9H,1-2H2. The first-order chi connectivity index (χ1) is 6.27. The number of rotatable bonds is 2. The Hall–Kier alpha value is -0.650. The van der Waals surface area contributed by atoms with E-state index < -0.39 is 5.97 Å². The van der Waals surface area contributed by atoms with Gasteiger partial charge >= 0.3 is 5.97 Å². The molecule has 1 saturated heterocycles. The zero-order valence-electron chi connectivity index (χ0n) is 6.62. The summed E-state index contributed by atoms with van der Waals surface area (Å²) in [6, 6.07) is 0. The molecule has 4 nitrogen and oxygen atoms in total. The van der Waals surface area contributed by atoms with Crippen molar-refractivity contribution in [3.05, 3.63) is 15.5 Å². The minimum Gasteiger partial charge on any atom is -0.455 e. The van der Waals surface area contributed by atoms with Gasteiger partial charge in [-0.2, -0.15) is 0 Å². The quantitative estimate of drug-likeness (QED) is 0.751. The topological polar surface area (TPSA) is 51.2 Å². The Kier molecular flexibility index (Phi) is 2.48. The molecule has 1 aliphatic heterocycles. The maximum atomic E-state index is 11.3.